The molecule has 0 N–H and O–H groups in total. The lowest BCUT2D eigenvalue weighted by molar-refractivity contribution is 0.181. The highest BCUT2D eigenvalue weighted by Crippen LogP contribution is 2.41. The van der Waals surface area contributed by atoms with Crippen molar-refractivity contribution in [3.05, 3.63) is 16.3 Å². The molecule has 4 nitrogen and oxygen atoms in total. The lowest BCUT2D eigenvalue weighted by Gasteiger charge is -2.36. The molecule has 0 saturated carbocycles. The maximum Gasteiger partial charge on any atom is 0.146 e. The summed E-state index contributed by atoms with van der Waals surface area (Å²) in [6.45, 7) is 12.8. The molecular weight excluding hydrogens is 364 g/mol. The van der Waals surface area contributed by atoms with Crippen molar-refractivity contribution in [2.45, 2.75) is 65.8 Å². The topological polar surface area (TPSA) is 32.3 Å². The van der Waals surface area contributed by atoms with Gasteiger partial charge in [0, 0.05) is 18.0 Å². The fourth-order valence-corrected chi connectivity index (χ4v) is 6.85. The van der Waals surface area contributed by atoms with E-state index in [2.05, 4.69) is 30.6 Å². The molecule has 5 rings (SSSR count). The molecule has 2 aromatic heterocycles. The number of nitrogens with zero attached hydrogens (tertiary/aromatic N) is 4. The molecule has 0 radical (unpaired) electrons. The fraction of sp³-hybridized carbons (Fsp3) is 0.739. The smallest absolute Gasteiger partial charge is 0.146 e. The maximum atomic E-state index is 5.24. The molecule has 0 amide bonds. The van der Waals surface area contributed by atoms with Crippen LogP contribution in [0.1, 0.15) is 62.7 Å². The Kier molecular flexibility index (Phi) is 5.08. The Hall–Kier alpha value is -1.20. The van der Waals surface area contributed by atoms with Gasteiger partial charge in [0.2, 0.25) is 0 Å². The van der Waals surface area contributed by atoms with Gasteiger partial charge in [-0.05, 0) is 74.9 Å². The summed E-state index contributed by atoms with van der Waals surface area (Å²) in [5, 5.41) is 1.40. The highest BCUT2D eigenvalue weighted by molar-refractivity contribution is 7.19. The highest BCUT2D eigenvalue weighted by Gasteiger charge is 2.29. The van der Waals surface area contributed by atoms with Gasteiger partial charge in [-0.2, -0.15) is 0 Å². The van der Waals surface area contributed by atoms with Gasteiger partial charge < -0.3 is 4.90 Å². The zero-order valence-corrected chi connectivity index (χ0v) is 18.5. The number of anilines is 1. The van der Waals surface area contributed by atoms with Crippen LogP contribution < -0.4 is 4.90 Å². The third kappa shape index (κ3) is 3.56. The fourth-order valence-electron chi connectivity index (χ4n) is 5.58. The minimum atomic E-state index is 0.743. The van der Waals surface area contributed by atoms with Crippen molar-refractivity contribution in [1.29, 1.82) is 0 Å². The molecule has 2 aromatic rings. The molecule has 0 aromatic carbocycles. The predicted molar refractivity (Wildman–Crippen MR) is 118 cm³/mol. The summed E-state index contributed by atoms with van der Waals surface area (Å²) in [5.74, 6) is 4.65. The number of hydrogen-bond acceptors (Lipinski definition) is 5. The molecule has 2 atom stereocenters. The second-order valence-electron chi connectivity index (χ2n) is 9.81. The van der Waals surface area contributed by atoms with Crippen molar-refractivity contribution in [1.82, 2.24) is 14.9 Å². The van der Waals surface area contributed by atoms with Gasteiger partial charge in [0.1, 0.15) is 16.5 Å². The number of likely N-dealkylation sites (tertiary alicyclic amines) is 1. The molecule has 2 aliphatic heterocycles. The lowest BCUT2D eigenvalue weighted by Crippen LogP contribution is -2.39. The molecule has 2 saturated heterocycles. The van der Waals surface area contributed by atoms with Crippen LogP contribution in [0.3, 0.4) is 0 Å². The van der Waals surface area contributed by atoms with E-state index in [4.69, 9.17) is 9.97 Å². The number of rotatable bonds is 3. The van der Waals surface area contributed by atoms with Gasteiger partial charge in [0.25, 0.3) is 0 Å². The number of hydrogen-bond donors (Lipinski definition) is 0. The molecule has 152 valence electrons. The van der Waals surface area contributed by atoms with Crippen molar-refractivity contribution in [3.8, 4) is 0 Å². The van der Waals surface area contributed by atoms with Gasteiger partial charge >= 0.3 is 0 Å². The zero-order valence-electron chi connectivity index (χ0n) is 17.7. The van der Waals surface area contributed by atoms with E-state index in [0.717, 1.165) is 43.2 Å². The first kappa shape index (κ1) is 18.8. The predicted octanol–water partition coefficient (Wildman–Crippen LogP) is 4.89. The van der Waals surface area contributed by atoms with Gasteiger partial charge in [-0.3, -0.25) is 4.90 Å². The summed E-state index contributed by atoms with van der Waals surface area (Å²) in [6, 6.07) is 0. The first-order chi connectivity index (χ1) is 13.6. The van der Waals surface area contributed by atoms with Gasteiger partial charge in [0.05, 0.1) is 11.9 Å². The first-order valence-electron chi connectivity index (χ1n) is 11.3. The van der Waals surface area contributed by atoms with E-state index in [1.807, 2.05) is 11.3 Å². The third-order valence-electron chi connectivity index (χ3n) is 7.00. The molecule has 28 heavy (non-hydrogen) atoms. The second kappa shape index (κ2) is 7.56. The average molecular weight is 399 g/mol. The van der Waals surface area contributed by atoms with E-state index in [0.29, 0.717) is 0 Å². The van der Waals surface area contributed by atoms with Gasteiger partial charge in [-0.1, -0.05) is 20.8 Å². The van der Waals surface area contributed by atoms with Crippen LogP contribution in [0.15, 0.2) is 0 Å². The summed E-state index contributed by atoms with van der Waals surface area (Å²) < 4.78 is 0. The van der Waals surface area contributed by atoms with E-state index >= 15 is 0 Å². The van der Waals surface area contributed by atoms with E-state index in [9.17, 15) is 0 Å². The van der Waals surface area contributed by atoms with Crippen LogP contribution in [-0.2, 0) is 19.4 Å². The Bertz CT molecular complexity index is 842. The van der Waals surface area contributed by atoms with Crippen LogP contribution in [0.2, 0.25) is 0 Å². The summed E-state index contributed by atoms with van der Waals surface area (Å²) >= 11 is 1.95. The van der Waals surface area contributed by atoms with Crippen LogP contribution >= 0.6 is 11.3 Å². The van der Waals surface area contributed by atoms with Crippen LogP contribution in [0.5, 0.6) is 0 Å². The molecule has 1 aliphatic carbocycles. The molecular formula is C23H34N4S. The molecule has 3 aliphatic rings. The molecule has 0 bridgehead atoms. The molecule has 2 fully saturated rings. The molecule has 0 unspecified atom stereocenters. The number of aromatic nitrogens is 2. The van der Waals surface area contributed by atoms with Crippen LogP contribution in [0.25, 0.3) is 10.2 Å². The highest BCUT2D eigenvalue weighted by atomic mass is 32.1. The second-order valence-corrected chi connectivity index (χ2v) is 10.9. The lowest BCUT2D eigenvalue weighted by atomic mass is 9.91. The van der Waals surface area contributed by atoms with Crippen molar-refractivity contribution >= 4 is 27.4 Å². The van der Waals surface area contributed by atoms with Crippen LogP contribution in [0.4, 0.5) is 5.82 Å². The van der Waals surface area contributed by atoms with E-state index < -0.39 is 0 Å². The van der Waals surface area contributed by atoms with Crippen molar-refractivity contribution in [2.24, 2.45) is 17.8 Å². The van der Waals surface area contributed by atoms with E-state index in [-0.39, 0.29) is 0 Å². The Morgan fingerprint density at radius 2 is 1.71 bits per heavy atom. The van der Waals surface area contributed by atoms with Crippen LogP contribution in [0, 0.1) is 17.8 Å². The van der Waals surface area contributed by atoms with Crippen molar-refractivity contribution in [2.75, 3.05) is 31.1 Å². The summed E-state index contributed by atoms with van der Waals surface area (Å²) in [4.78, 5) is 18.3. The van der Waals surface area contributed by atoms with Crippen LogP contribution in [-0.4, -0.2) is 41.0 Å². The standard InChI is InChI=1S/C23H34N4S/c1-15-7-9-26(10-8-15)14-20-24-22(27-12-16(2)11-17(3)13-27)21-18-5-4-6-19(18)28-23(21)25-20/h15-17H,4-14H2,1-3H3/t16-,17-/m0/s1. The molecule has 4 heterocycles. The summed E-state index contributed by atoms with van der Waals surface area (Å²) in [5.41, 5.74) is 1.57. The Morgan fingerprint density at radius 1 is 0.964 bits per heavy atom. The number of aryl methyl sites for hydroxylation is 2. The summed E-state index contributed by atoms with van der Waals surface area (Å²) in [6.07, 6.45) is 7.71. The number of fused-ring (bicyclic) bond motifs is 3. The quantitative estimate of drug-likeness (QED) is 0.736. The molecule has 5 heteroatoms. The van der Waals surface area contributed by atoms with Gasteiger partial charge in [-0.25, -0.2) is 9.97 Å². The maximum absolute atomic E-state index is 5.24. The van der Waals surface area contributed by atoms with E-state index in [1.165, 1.54) is 67.6 Å². The third-order valence-corrected chi connectivity index (χ3v) is 8.19. The minimum absolute atomic E-state index is 0.743. The Balaban J connectivity index is 1.52. The number of piperidine rings is 2. The minimum Gasteiger partial charge on any atom is -0.355 e. The van der Waals surface area contributed by atoms with Gasteiger partial charge in [-0.15, -0.1) is 11.3 Å². The molecule has 0 spiro atoms. The first-order valence-corrected chi connectivity index (χ1v) is 12.2. The number of thiophene rings is 1. The van der Waals surface area contributed by atoms with Crippen molar-refractivity contribution < 1.29 is 0 Å². The summed E-state index contributed by atoms with van der Waals surface area (Å²) in [7, 11) is 0. The zero-order chi connectivity index (χ0) is 19.3. The monoisotopic (exact) mass is 398 g/mol. The Morgan fingerprint density at radius 3 is 2.46 bits per heavy atom. The van der Waals surface area contributed by atoms with Crippen molar-refractivity contribution in [3.63, 3.8) is 0 Å². The normalized spacial score (nSPS) is 26.9. The SMILES string of the molecule is CC1CCN(Cc2nc(N3C[C@@H](C)C[C@H](C)C3)c3c4c(sc3n2)CCC4)CC1. The van der Waals surface area contributed by atoms with E-state index in [1.54, 1.807) is 10.4 Å². The Labute approximate surface area is 173 Å². The average Bonchev–Trinajstić information content (AvgIpc) is 3.23. The largest absolute Gasteiger partial charge is 0.355 e. The van der Waals surface area contributed by atoms with Gasteiger partial charge in [0.15, 0.2) is 0 Å².